The molecule has 10 heteroatoms. The lowest BCUT2D eigenvalue weighted by Crippen LogP contribution is -2.53. The Morgan fingerprint density at radius 1 is 1.10 bits per heavy atom. The molecule has 0 saturated carbocycles. The number of amides is 2. The predicted octanol–water partition coefficient (Wildman–Crippen LogP) is 0.836. The molecule has 2 saturated heterocycles. The van der Waals surface area contributed by atoms with Crippen LogP contribution in [0.25, 0.3) is 0 Å². The van der Waals surface area contributed by atoms with Crippen LogP contribution >= 0.6 is 0 Å². The van der Waals surface area contributed by atoms with Gasteiger partial charge in [-0.05, 0) is 40.0 Å². The number of hydrogen-bond donors (Lipinski definition) is 0. The SMILES string of the molecule is CCOC(Cn1cc(C(=O)N2CCN(CC(=O)N3CCCCC3C)CC2)nn1)OCC. The molecule has 174 valence electrons. The number of carbonyl (C=O) groups excluding carboxylic acids is 2. The van der Waals surface area contributed by atoms with Gasteiger partial charge in [0.25, 0.3) is 5.91 Å². The fraction of sp³-hybridized carbons (Fsp3) is 0.810. The fourth-order valence-corrected chi connectivity index (χ4v) is 4.19. The molecule has 10 nitrogen and oxygen atoms in total. The Kier molecular flexibility index (Phi) is 8.79. The van der Waals surface area contributed by atoms with Crippen molar-refractivity contribution in [1.82, 2.24) is 29.7 Å². The summed E-state index contributed by atoms with van der Waals surface area (Å²) >= 11 is 0. The first-order valence-electron chi connectivity index (χ1n) is 11.5. The van der Waals surface area contributed by atoms with E-state index < -0.39 is 6.29 Å². The van der Waals surface area contributed by atoms with E-state index in [1.807, 2.05) is 18.7 Å². The van der Waals surface area contributed by atoms with Crippen LogP contribution in [0.2, 0.25) is 0 Å². The van der Waals surface area contributed by atoms with E-state index >= 15 is 0 Å². The van der Waals surface area contributed by atoms with Gasteiger partial charge in [0.1, 0.15) is 0 Å². The molecule has 2 aliphatic heterocycles. The third-order valence-corrected chi connectivity index (χ3v) is 5.94. The minimum atomic E-state index is -0.414. The van der Waals surface area contributed by atoms with E-state index in [-0.39, 0.29) is 11.8 Å². The first-order valence-corrected chi connectivity index (χ1v) is 11.5. The highest BCUT2D eigenvalue weighted by atomic mass is 16.7. The number of ether oxygens (including phenoxy) is 2. The van der Waals surface area contributed by atoms with E-state index in [0.29, 0.717) is 64.2 Å². The molecule has 1 aromatic heterocycles. The Labute approximate surface area is 184 Å². The van der Waals surface area contributed by atoms with E-state index in [1.54, 1.807) is 15.8 Å². The Hall–Kier alpha value is -2.04. The lowest BCUT2D eigenvalue weighted by atomic mass is 10.0. The second kappa shape index (κ2) is 11.5. The summed E-state index contributed by atoms with van der Waals surface area (Å²) in [6.45, 7) is 11.2. The van der Waals surface area contributed by atoms with Gasteiger partial charge in [0.2, 0.25) is 5.91 Å². The number of piperazine rings is 1. The zero-order valence-corrected chi connectivity index (χ0v) is 19.0. The highest BCUT2D eigenvalue weighted by Gasteiger charge is 2.28. The van der Waals surface area contributed by atoms with Crippen LogP contribution in [0.5, 0.6) is 0 Å². The molecular formula is C21H36N6O4. The van der Waals surface area contributed by atoms with Crippen LogP contribution in [-0.4, -0.2) is 106 Å². The number of carbonyl (C=O) groups is 2. The minimum Gasteiger partial charge on any atom is -0.351 e. The molecule has 1 atom stereocenters. The summed E-state index contributed by atoms with van der Waals surface area (Å²) in [7, 11) is 0. The van der Waals surface area contributed by atoms with Crippen molar-refractivity contribution in [2.75, 3.05) is 52.5 Å². The van der Waals surface area contributed by atoms with Crippen LogP contribution in [0.3, 0.4) is 0 Å². The average Bonchev–Trinajstić information content (AvgIpc) is 3.23. The highest BCUT2D eigenvalue weighted by molar-refractivity contribution is 5.92. The van der Waals surface area contributed by atoms with Crippen LogP contribution < -0.4 is 0 Å². The molecule has 2 aliphatic rings. The van der Waals surface area contributed by atoms with Crippen molar-refractivity contribution in [3.63, 3.8) is 0 Å². The van der Waals surface area contributed by atoms with Gasteiger partial charge in [0.05, 0.1) is 19.3 Å². The van der Waals surface area contributed by atoms with Crippen LogP contribution in [0, 0.1) is 0 Å². The summed E-state index contributed by atoms with van der Waals surface area (Å²) in [5.74, 6) is 0.0688. The second-order valence-electron chi connectivity index (χ2n) is 8.17. The largest absolute Gasteiger partial charge is 0.351 e. The molecule has 0 N–H and O–H groups in total. The smallest absolute Gasteiger partial charge is 0.276 e. The number of hydrogen-bond acceptors (Lipinski definition) is 7. The van der Waals surface area contributed by atoms with Crippen molar-refractivity contribution in [2.24, 2.45) is 0 Å². The van der Waals surface area contributed by atoms with Crippen molar-refractivity contribution in [3.05, 3.63) is 11.9 Å². The van der Waals surface area contributed by atoms with Gasteiger partial charge in [-0.15, -0.1) is 5.10 Å². The summed E-state index contributed by atoms with van der Waals surface area (Å²) in [6, 6.07) is 0.330. The van der Waals surface area contributed by atoms with Gasteiger partial charge < -0.3 is 19.3 Å². The maximum absolute atomic E-state index is 12.8. The normalized spacial score (nSPS) is 20.5. The quantitative estimate of drug-likeness (QED) is 0.530. The maximum atomic E-state index is 12.8. The molecule has 31 heavy (non-hydrogen) atoms. The first kappa shape index (κ1) is 23.6. The number of piperidine rings is 1. The zero-order chi connectivity index (χ0) is 22.2. The van der Waals surface area contributed by atoms with Crippen molar-refractivity contribution in [3.8, 4) is 0 Å². The van der Waals surface area contributed by atoms with E-state index in [9.17, 15) is 9.59 Å². The summed E-state index contributed by atoms with van der Waals surface area (Å²) < 4.78 is 12.6. The first-order chi connectivity index (χ1) is 15.0. The highest BCUT2D eigenvalue weighted by Crippen LogP contribution is 2.17. The monoisotopic (exact) mass is 436 g/mol. The number of likely N-dealkylation sites (tertiary alicyclic amines) is 1. The van der Waals surface area contributed by atoms with Crippen LogP contribution in [-0.2, 0) is 20.8 Å². The van der Waals surface area contributed by atoms with E-state index in [2.05, 4.69) is 22.1 Å². The van der Waals surface area contributed by atoms with Crippen molar-refractivity contribution >= 4 is 11.8 Å². The molecule has 0 aromatic carbocycles. The maximum Gasteiger partial charge on any atom is 0.276 e. The Morgan fingerprint density at radius 3 is 2.45 bits per heavy atom. The Morgan fingerprint density at radius 2 is 1.81 bits per heavy atom. The van der Waals surface area contributed by atoms with E-state index in [4.69, 9.17) is 9.47 Å². The van der Waals surface area contributed by atoms with Crippen LogP contribution in [0.15, 0.2) is 6.20 Å². The summed E-state index contributed by atoms with van der Waals surface area (Å²) in [5, 5.41) is 8.09. The van der Waals surface area contributed by atoms with Crippen LogP contribution in [0.4, 0.5) is 0 Å². The van der Waals surface area contributed by atoms with Crippen molar-refractivity contribution in [2.45, 2.75) is 58.9 Å². The molecule has 0 spiro atoms. The molecule has 3 rings (SSSR count). The molecular weight excluding hydrogens is 400 g/mol. The lowest BCUT2D eigenvalue weighted by molar-refractivity contribution is -0.145. The van der Waals surface area contributed by atoms with Crippen molar-refractivity contribution < 1.29 is 19.1 Å². The van der Waals surface area contributed by atoms with E-state index in [0.717, 1.165) is 19.4 Å². The van der Waals surface area contributed by atoms with Crippen LogP contribution in [0.1, 0.15) is 50.5 Å². The second-order valence-corrected chi connectivity index (χ2v) is 8.17. The Balaban J connectivity index is 1.47. The fourth-order valence-electron chi connectivity index (χ4n) is 4.19. The van der Waals surface area contributed by atoms with Gasteiger partial charge in [-0.2, -0.15) is 0 Å². The summed E-state index contributed by atoms with van der Waals surface area (Å²) in [5.41, 5.74) is 0.318. The molecule has 1 unspecified atom stereocenters. The molecule has 0 bridgehead atoms. The summed E-state index contributed by atoms with van der Waals surface area (Å²) in [6.07, 6.45) is 4.61. The minimum absolute atomic E-state index is 0.133. The lowest BCUT2D eigenvalue weighted by Gasteiger charge is -2.37. The molecule has 0 radical (unpaired) electrons. The number of rotatable bonds is 9. The Bertz CT molecular complexity index is 712. The molecule has 2 amide bonds. The van der Waals surface area contributed by atoms with Gasteiger partial charge in [0, 0.05) is 52.0 Å². The third kappa shape index (κ3) is 6.47. The number of aromatic nitrogens is 3. The molecule has 2 fully saturated rings. The predicted molar refractivity (Wildman–Crippen MR) is 114 cm³/mol. The molecule has 1 aromatic rings. The summed E-state index contributed by atoms with van der Waals surface area (Å²) in [4.78, 5) is 31.4. The van der Waals surface area contributed by atoms with Gasteiger partial charge in [-0.3, -0.25) is 14.5 Å². The standard InChI is InChI=1S/C21H36N6O4/c1-4-30-20(31-5-2)16-26-14-18(22-23-26)21(29)25-12-10-24(11-13-25)15-19(28)27-9-7-6-8-17(27)3/h14,17,20H,4-13,15-16H2,1-3H3. The average molecular weight is 437 g/mol. The molecule has 3 heterocycles. The van der Waals surface area contributed by atoms with Gasteiger partial charge in [-0.25, -0.2) is 4.68 Å². The number of nitrogens with zero attached hydrogens (tertiary/aromatic N) is 6. The van der Waals surface area contributed by atoms with Gasteiger partial charge in [-0.1, -0.05) is 5.21 Å². The van der Waals surface area contributed by atoms with E-state index in [1.165, 1.54) is 6.42 Å². The van der Waals surface area contributed by atoms with Gasteiger partial charge >= 0.3 is 0 Å². The third-order valence-electron chi connectivity index (χ3n) is 5.94. The zero-order valence-electron chi connectivity index (χ0n) is 19.0. The molecule has 0 aliphatic carbocycles. The topological polar surface area (TPSA) is 93.0 Å². The van der Waals surface area contributed by atoms with Crippen molar-refractivity contribution in [1.29, 1.82) is 0 Å². The van der Waals surface area contributed by atoms with Gasteiger partial charge in [0.15, 0.2) is 12.0 Å².